The molecule has 1 aromatic carbocycles. The Morgan fingerprint density at radius 3 is 3.00 bits per heavy atom. The molecular weight excluding hydrogens is 302 g/mol. The number of rotatable bonds is 5. The monoisotopic (exact) mass is 319 g/mol. The van der Waals surface area contributed by atoms with Gasteiger partial charge in [-0.1, -0.05) is 12.1 Å². The summed E-state index contributed by atoms with van der Waals surface area (Å²) in [6, 6.07) is 8.10. The number of allylic oxidation sites excluding steroid dienone is 1. The first-order valence-electron chi connectivity index (χ1n) is 7.75. The Hall–Kier alpha value is -3.22. The van der Waals surface area contributed by atoms with Crippen LogP contribution in [0.25, 0.3) is 16.5 Å². The van der Waals surface area contributed by atoms with Crippen molar-refractivity contribution in [2.24, 2.45) is 4.99 Å². The van der Waals surface area contributed by atoms with Gasteiger partial charge in [-0.3, -0.25) is 9.67 Å². The summed E-state index contributed by atoms with van der Waals surface area (Å²) >= 11 is 0. The number of fused-ring (bicyclic) bond motifs is 1. The first-order chi connectivity index (χ1) is 11.8. The smallest absolute Gasteiger partial charge is 0.137 e. The first-order valence-corrected chi connectivity index (χ1v) is 7.75. The SMILES string of the molecule is Nc1cc(NCCn2cncn2)c2ccc(C3=CC=NC3)cc2n1. The zero-order valence-electron chi connectivity index (χ0n) is 13.1. The summed E-state index contributed by atoms with van der Waals surface area (Å²) < 4.78 is 1.78. The van der Waals surface area contributed by atoms with E-state index in [0.717, 1.165) is 41.8 Å². The minimum Gasteiger partial charge on any atom is -0.384 e. The third kappa shape index (κ3) is 2.83. The van der Waals surface area contributed by atoms with E-state index in [1.807, 2.05) is 18.4 Å². The minimum absolute atomic E-state index is 0.500. The zero-order chi connectivity index (χ0) is 16.4. The summed E-state index contributed by atoms with van der Waals surface area (Å²) in [5.74, 6) is 0.500. The van der Waals surface area contributed by atoms with Gasteiger partial charge in [0.2, 0.25) is 0 Å². The summed E-state index contributed by atoms with van der Waals surface area (Å²) in [4.78, 5) is 12.6. The fourth-order valence-corrected chi connectivity index (χ4v) is 2.78. The van der Waals surface area contributed by atoms with Gasteiger partial charge in [0.15, 0.2) is 0 Å². The molecule has 0 bridgehead atoms. The highest BCUT2D eigenvalue weighted by atomic mass is 15.3. The maximum atomic E-state index is 5.98. The van der Waals surface area contributed by atoms with E-state index in [2.05, 4.69) is 43.6 Å². The van der Waals surface area contributed by atoms with E-state index in [0.29, 0.717) is 5.82 Å². The van der Waals surface area contributed by atoms with Gasteiger partial charge < -0.3 is 11.1 Å². The van der Waals surface area contributed by atoms with Crippen molar-refractivity contribution in [3.05, 3.63) is 48.6 Å². The van der Waals surface area contributed by atoms with Crippen molar-refractivity contribution in [2.45, 2.75) is 6.54 Å². The van der Waals surface area contributed by atoms with Gasteiger partial charge in [0, 0.05) is 29.9 Å². The molecule has 3 aromatic rings. The van der Waals surface area contributed by atoms with Crippen molar-refractivity contribution in [1.82, 2.24) is 19.7 Å². The van der Waals surface area contributed by atoms with Crippen LogP contribution in [-0.2, 0) is 6.54 Å². The molecule has 2 aromatic heterocycles. The topological polar surface area (TPSA) is 94.0 Å². The van der Waals surface area contributed by atoms with Crippen molar-refractivity contribution in [3.63, 3.8) is 0 Å². The van der Waals surface area contributed by atoms with E-state index in [4.69, 9.17) is 5.73 Å². The summed E-state index contributed by atoms with van der Waals surface area (Å²) in [7, 11) is 0. The lowest BCUT2D eigenvalue weighted by Gasteiger charge is -2.12. The number of benzene rings is 1. The quantitative estimate of drug-likeness (QED) is 0.750. The number of aromatic nitrogens is 4. The molecule has 1 aliphatic heterocycles. The minimum atomic E-state index is 0.500. The van der Waals surface area contributed by atoms with E-state index in [1.165, 1.54) is 11.9 Å². The fraction of sp³-hybridized carbons (Fsp3) is 0.176. The van der Waals surface area contributed by atoms with Crippen molar-refractivity contribution >= 4 is 34.2 Å². The molecule has 3 N–H and O–H groups in total. The molecule has 0 unspecified atom stereocenters. The number of hydrogen-bond donors (Lipinski definition) is 2. The van der Waals surface area contributed by atoms with Crippen LogP contribution in [0.4, 0.5) is 11.5 Å². The molecule has 0 atom stereocenters. The number of anilines is 2. The maximum absolute atomic E-state index is 5.98. The van der Waals surface area contributed by atoms with Crippen LogP contribution in [0.3, 0.4) is 0 Å². The second kappa shape index (κ2) is 6.11. The third-order valence-electron chi connectivity index (χ3n) is 3.97. The zero-order valence-corrected chi connectivity index (χ0v) is 13.1. The van der Waals surface area contributed by atoms with Crippen molar-refractivity contribution in [1.29, 1.82) is 0 Å². The van der Waals surface area contributed by atoms with Crippen LogP contribution < -0.4 is 11.1 Å². The van der Waals surface area contributed by atoms with Crippen LogP contribution in [0.15, 0.2) is 48.0 Å². The Bertz CT molecular complexity index is 926. The fourth-order valence-electron chi connectivity index (χ4n) is 2.78. The number of nitrogens with zero attached hydrogens (tertiary/aromatic N) is 5. The van der Waals surface area contributed by atoms with Gasteiger partial charge in [-0.25, -0.2) is 9.97 Å². The Kier molecular flexibility index (Phi) is 3.66. The van der Waals surface area contributed by atoms with Gasteiger partial charge >= 0.3 is 0 Å². The van der Waals surface area contributed by atoms with E-state index < -0.39 is 0 Å². The highest BCUT2D eigenvalue weighted by Crippen LogP contribution is 2.28. The van der Waals surface area contributed by atoms with Crippen LogP contribution in [-0.4, -0.2) is 39.1 Å². The molecule has 0 fully saturated rings. The lowest BCUT2D eigenvalue weighted by Crippen LogP contribution is -2.11. The Morgan fingerprint density at radius 2 is 2.21 bits per heavy atom. The van der Waals surface area contributed by atoms with Crippen molar-refractivity contribution in [3.8, 4) is 0 Å². The summed E-state index contributed by atoms with van der Waals surface area (Å²) in [6.07, 6.45) is 7.10. The van der Waals surface area contributed by atoms with E-state index in [1.54, 1.807) is 11.0 Å². The first kappa shape index (κ1) is 14.4. The maximum Gasteiger partial charge on any atom is 0.137 e. The third-order valence-corrected chi connectivity index (χ3v) is 3.97. The lowest BCUT2D eigenvalue weighted by atomic mass is 10.0. The molecule has 7 heteroatoms. The Labute approximate surface area is 138 Å². The molecule has 3 heterocycles. The van der Waals surface area contributed by atoms with Crippen LogP contribution in [0, 0.1) is 0 Å². The number of nitrogen functional groups attached to an aromatic ring is 1. The summed E-state index contributed by atoms with van der Waals surface area (Å²) in [6.45, 7) is 2.17. The molecule has 1 aliphatic rings. The second-order valence-electron chi connectivity index (χ2n) is 5.59. The second-order valence-corrected chi connectivity index (χ2v) is 5.59. The normalized spacial score (nSPS) is 13.4. The largest absolute Gasteiger partial charge is 0.384 e. The van der Waals surface area contributed by atoms with Crippen LogP contribution in [0.2, 0.25) is 0 Å². The summed E-state index contributed by atoms with van der Waals surface area (Å²) in [5.41, 5.74) is 10.2. The van der Waals surface area contributed by atoms with Crippen molar-refractivity contribution < 1.29 is 0 Å². The number of pyridine rings is 1. The highest BCUT2D eigenvalue weighted by Gasteiger charge is 2.09. The molecule has 7 nitrogen and oxygen atoms in total. The van der Waals surface area contributed by atoms with Crippen LogP contribution in [0.5, 0.6) is 0 Å². The van der Waals surface area contributed by atoms with Crippen LogP contribution in [0.1, 0.15) is 5.56 Å². The molecule has 0 amide bonds. The van der Waals surface area contributed by atoms with Gasteiger partial charge in [-0.2, -0.15) is 5.10 Å². The highest BCUT2D eigenvalue weighted by molar-refractivity contribution is 5.96. The van der Waals surface area contributed by atoms with E-state index >= 15 is 0 Å². The molecule has 4 rings (SSSR count). The molecule has 120 valence electrons. The predicted molar refractivity (Wildman–Crippen MR) is 96.0 cm³/mol. The molecule has 24 heavy (non-hydrogen) atoms. The van der Waals surface area contributed by atoms with E-state index in [-0.39, 0.29) is 0 Å². The van der Waals surface area contributed by atoms with E-state index in [9.17, 15) is 0 Å². The Morgan fingerprint density at radius 1 is 1.25 bits per heavy atom. The molecule has 0 radical (unpaired) electrons. The number of hydrogen-bond acceptors (Lipinski definition) is 6. The van der Waals surface area contributed by atoms with Gasteiger partial charge in [-0.15, -0.1) is 0 Å². The standard InChI is InChI=1S/C17H17N7/c18-17-8-15(21-5-6-24-11-20-10-22-24)14-2-1-12(7-16(14)23-17)13-3-4-19-9-13/h1-4,7-8,10-11H,5-6,9H2,(H3,18,21,23). The van der Waals surface area contributed by atoms with Gasteiger partial charge in [0.1, 0.15) is 18.5 Å². The number of nitrogens with two attached hydrogens (primary N) is 1. The van der Waals surface area contributed by atoms with Crippen LogP contribution >= 0.6 is 0 Å². The molecular formula is C17H17N7. The van der Waals surface area contributed by atoms with Gasteiger partial charge in [0.25, 0.3) is 0 Å². The average Bonchev–Trinajstić information content (AvgIpc) is 3.28. The van der Waals surface area contributed by atoms with Crippen molar-refractivity contribution in [2.75, 3.05) is 24.1 Å². The number of aliphatic imine (C=N–C) groups is 1. The molecule has 0 saturated carbocycles. The summed E-state index contributed by atoms with van der Waals surface area (Å²) in [5, 5.41) is 8.55. The molecule has 0 saturated heterocycles. The Balaban J connectivity index is 1.60. The van der Waals surface area contributed by atoms with Gasteiger partial charge in [-0.05, 0) is 23.3 Å². The average molecular weight is 319 g/mol. The molecule has 0 aliphatic carbocycles. The predicted octanol–water partition coefficient (Wildman–Crippen LogP) is 1.99. The van der Waals surface area contributed by atoms with Gasteiger partial charge in [0.05, 0.1) is 18.6 Å². The lowest BCUT2D eigenvalue weighted by molar-refractivity contribution is 0.636. The molecule has 0 spiro atoms. The number of nitrogens with one attached hydrogen (secondary N) is 1.